The number of likely N-dealkylation sites (N-methyl/N-ethyl adjacent to an activating group) is 1. The van der Waals surface area contributed by atoms with E-state index in [1.54, 1.807) is 14.1 Å². The molecule has 0 fully saturated rings. The van der Waals surface area contributed by atoms with Crippen LogP contribution in [0.2, 0.25) is 0 Å². The number of hydrogen-bond acceptors (Lipinski definition) is 3. The van der Waals surface area contributed by atoms with Gasteiger partial charge in [0.25, 0.3) is 0 Å². The molecule has 0 unspecified atom stereocenters. The summed E-state index contributed by atoms with van der Waals surface area (Å²) < 4.78 is 13.0. The van der Waals surface area contributed by atoms with Crippen LogP contribution in [0.3, 0.4) is 0 Å². The second kappa shape index (κ2) is 5.97. The van der Waals surface area contributed by atoms with E-state index in [4.69, 9.17) is 5.26 Å². The van der Waals surface area contributed by atoms with Crippen molar-refractivity contribution in [3.05, 3.63) is 35.1 Å². The van der Waals surface area contributed by atoms with Crippen molar-refractivity contribution < 1.29 is 9.18 Å². The standard InChI is InChI=1S/C12H14FN3O/c1-16(2)12(17)8-15-7-10-5-11(13)4-3-9(10)6-14/h3-5,15H,7-8H2,1-2H3. The van der Waals surface area contributed by atoms with E-state index in [-0.39, 0.29) is 18.3 Å². The molecule has 0 saturated heterocycles. The lowest BCUT2D eigenvalue weighted by atomic mass is 10.1. The Kier molecular flexibility index (Phi) is 4.61. The third-order valence-corrected chi connectivity index (χ3v) is 2.28. The molecule has 0 spiro atoms. The highest BCUT2D eigenvalue weighted by atomic mass is 19.1. The first kappa shape index (κ1) is 13.1. The summed E-state index contributed by atoms with van der Waals surface area (Å²) in [6.45, 7) is 0.453. The van der Waals surface area contributed by atoms with Crippen LogP contribution in [0.1, 0.15) is 11.1 Å². The van der Waals surface area contributed by atoms with Crippen molar-refractivity contribution in [1.29, 1.82) is 5.26 Å². The van der Waals surface area contributed by atoms with Gasteiger partial charge in [-0.3, -0.25) is 4.79 Å². The van der Waals surface area contributed by atoms with Gasteiger partial charge in [-0.25, -0.2) is 4.39 Å². The van der Waals surface area contributed by atoms with Crippen molar-refractivity contribution in [2.75, 3.05) is 20.6 Å². The molecule has 1 aromatic rings. The van der Waals surface area contributed by atoms with Crippen LogP contribution in [0, 0.1) is 17.1 Å². The number of nitriles is 1. The molecule has 0 bridgehead atoms. The first-order valence-corrected chi connectivity index (χ1v) is 5.14. The highest BCUT2D eigenvalue weighted by Crippen LogP contribution is 2.09. The Hall–Kier alpha value is -1.93. The largest absolute Gasteiger partial charge is 0.348 e. The average Bonchev–Trinajstić information content (AvgIpc) is 2.29. The molecule has 1 amide bonds. The highest BCUT2D eigenvalue weighted by molar-refractivity contribution is 5.77. The number of rotatable bonds is 4. The minimum absolute atomic E-state index is 0.0695. The number of carbonyl (C=O) groups is 1. The van der Waals surface area contributed by atoms with Gasteiger partial charge in [0.2, 0.25) is 5.91 Å². The lowest BCUT2D eigenvalue weighted by Crippen LogP contribution is -2.32. The molecule has 0 aliphatic heterocycles. The fourth-order valence-corrected chi connectivity index (χ4v) is 1.28. The van der Waals surface area contributed by atoms with Crippen LogP contribution in [0.4, 0.5) is 4.39 Å². The van der Waals surface area contributed by atoms with Gasteiger partial charge in [0.1, 0.15) is 5.82 Å². The fourth-order valence-electron chi connectivity index (χ4n) is 1.28. The quantitative estimate of drug-likeness (QED) is 0.842. The van der Waals surface area contributed by atoms with Gasteiger partial charge < -0.3 is 10.2 Å². The molecule has 17 heavy (non-hydrogen) atoms. The summed E-state index contributed by atoms with van der Waals surface area (Å²) in [4.78, 5) is 12.7. The predicted octanol–water partition coefficient (Wildman–Crippen LogP) is 0.875. The van der Waals surface area contributed by atoms with Crippen LogP contribution < -0.4 is 5.32 Å². The van der Waals surface area contributed by atoms with Gasteiger partial charge in [-0.15, -0.1) is 0 Å². The Morgan fingerprint density at radius 2 is 2.24 bits per heavy atom. The number of nitrogens with one attached hydrogen (secondary N) is 1. The van der Waals surface area contributed by atoms with Gasteiger partial charge in [0, 0.05) is 20.6 Å². The van der Waals surface area contributed by atoms with Crippen molar-refractivity contribution >= 4 is 5.91 Å². The topological polar surface area (TPSA) is 56.1 Å². The number of carbonyl (C=O) groups excluding carboxylic acids is 1. The zero-order chi connectivity index (χ0) is 12.8. The monoisotopic (exact) mass is 235 g/mol. The van der Waals surface area contributed by atoms with E-state index >= 15 is 0 Å². The normalized spacial score (nSPS) is 9.76. The van der Waals surface area contributed by atoms with Crippen molar-refractivity contribution in [3.8, 4) is 6.07 Å². The predicted molar refractivity (Wildman–Crippen MR) is 61.5 cm³/mol. The lowest BCUT2D eigenvalue weighted by molar-refractivity contribution is -0.127. The maximum atomic E-state index is 13.0. The SMILES string of the molecule is CN(C)C(=O)CNCc1cc(F)ccc1C#N. The maximum absolute atomic E-state index is 13.0. The Morgan fingerprint density at radius 1 is 1.53 bits per heavy atom. The van der Waals surface area contributed by atoms with Crippen LogP contribution in [-0.2, 0) is 11.3 Å². The van der Waals surface area contributed by atoms with Gasteiger partial charge in [-0.05, 0) is 23.8 Å². The van der Waals surface area contributed by atoms with Crippen LogP contribution in [0.25, 0.3) is 0 Å². The zero-order valence-electron chi connectivity index (χ0n) is 9.83. The number of halogens is 1. The summed E-state index contributed by atoms with van der Waals surface area (Å²) in [6, 6.07) is 5.95. The van der Waals surface area contributed by atoms with Gasteiger partial charge in [0.05, 0.1) is 18.2 Å². The first-order chi connectivity index (χ1) is 8.04. The van der Waals surface area contributed by atoms with Crippen molar-refractivity contribution in [2.24, 2.45) is 0 Å². The van der Waals surface area contributed by atoms with Gasteiger partial charge >= 0.3 is 0 Å². The number of amides is 1. The molecular formula is C12H14FN3O. The molecule has 1 N–H and O–H groups in total. The number of benzene rings is 1. The molecule has 0 aliphatic rings. The Morgan fingerprint density at radius 3 is 2.82 bits per heavy atom. The Labute approximate surface area is 99.7 Å². The molecule has 5 heteroatoms. The molecule has 0 heterocycles. The van der Waals surface area contributed by atoms with Crippen molar-refractivity contribution in [2.45, 2.75) is 6.54 Å². The van der Waals surface area contributed by atoms with E-state index < -0.39 is 0 Å². The molecule has 1 rings (SSSR count). The Bertz CT molecular complexity index is 452. The van der Waals surface area contributed by atoms with E-state index in [1.165, 1.54) is 23.1 Å². The molecule has 4 nitrogen and oxygen atoms in total. The molecule has 1 aromatic carbocycles. The lowest BCUT2D eigenvalue weighted by Gasteiger charge is -2.11. The minimum Gasteiger partial charge on any atom is -0.348 e. The average molecular weight is 235 g/mol. The first-order valence-electron chi connectivity index (χ1n) is 5.14. The summed E-state index contributed by atoms with van der Waals surface area (Å²) >= 11 is 0. The van der Waals surface area contributed by atoms with E-state index in [9.17, 15) is 9.18 Å². The van der Waals surface area contributed by atoms with E-state index in [1.807, 2.05) is 6.07 Å². The summed E-state index contributed by atoms with van der Waals surface area (Å²) in [7, 11) is 3.32. The molecule has 0 aliphatic carbocycles. The van der Waals surface area contributed by atoms with Crippen molar-refractivity contribution in [3.63, 3.8) is 0 Å². The molecule has 0 saturated carbocycles. The number of hydrogen-bond donors (Lipinski definition) is 1. The minimum atomic E-state index is -0.389. The van der Waals surface area contributed by atoms with E-state index in [2.05, 4.69) is 5.32 Å². The summed E-state index contributed by atoms with van der Waals surface area (Å²) in [5.41, 5.74) is 0.968. The molecule has 0 aromatic heterocycles. The van der Waals surface area contributed by atoms with E-state index in [0.717, 1.165) is 0 Å². The maximum Gasteiger partial charge on any atom is 0.236 e. The van der Waals surface area contributed by atoms with Crippen LogP contribution in [-0.4, -0.2) is 31.4 Å². The van der Waals surface area contributed by atoms with Gasteiger partial charge in [-0.1, -0.05) is 0 Å². The van der Waals surface area contributed by atoms with Crippen LogP contribution in [0.15, 0.2) is 18.2 Å². The summed E-state index contributed by atoms with van der Waals surface area (Å²) in [5, 5.41) is 11.7. The van der Waals surface area contributed by atoms with E-state index in [0.29, 0.717) is 17.7 Å². The second-order valence-electron chi connectivity index (χ2n) is 3.80. The van der Waals surface area contributed by atoms with Crippen LogP contribution in [0.5, 0.6) is 0 Å². The van der Waals surface area contributed by atoms with Crippen molar-refractivity contribution in [1.82, 2.24) is 10.2 Å². The third kappa shape index (κ3) is 3.85. The third-order valence-electron chi connectivity index (χ3n) is 2.28. The van der Waals surface area contributed by atoms with Gasteiger partial charge in [-0.2, -0.15) is 5.26 Å². The smallest absolute Gasteiger partial charge is 0.236 e. The zero-order valence-corrected chi connectivity index (χ0v) is 9.83. The molecule has 0 atom stereocenters. The fraction of sp³-hybridized carbons (Fsp3) is 0.333. The molecular weight excluding hydrogens is 221 g/mol. The van der Waals surface area contributed by atoms with Crippen LogP contribution >= 0.6 is 0 Å². The molecule has 0 radical (unpaired) electrons. The molecule has 90 valence electrons. The summed E-state index contributed by atoms with van der Waals surface area (Å²) in [6.07, 6.45) is 0. The number of nitrogens with zero attached hydrogens (tertiary/aromatic N) is 2. The second-order valence-corrected chi connectivity index (χ2v) is 3.80. The Balaban J connectivity index is 2.60. The van der Waals surface area contributed by atoms with Gasteiger partial charge in [0.15, 0.2) is 0 Å². The summed E-state index contributed by atoms with van der Waals surface area (Å²) in [5.74, 6) is -0.459. The highest BCUT2D eigenvalue weighted by Gasteiger charge is 2.06.